The number of aromatic amines is 1. The van der Waals surface area contributed by atoms with Gasteiger partial charge in [-0.1, -0.05) is 158 Å². The number of hydrogen-bond acceptors (Lipinski definition) is 7. The standard InChI is InChI=1S/C56H35N7O2S2/c64-53(39-27-15-23-33-17-7-9-25-37(33)39)62-51-47(55-57-41-29-11-13-31-43(41)66-55)45(35-19-3-1-4-20-35)49(60-51)59-50-46(36-21-5-2-6-22-36)48(56-58-42-30-12-14-32-44(42)67-56)52(61-50)63-54(65)40-28-16-24-34-18-8-10-26-38(34)40/h1-32,60H,(H,62,64)(H,59,61,63,65). The molecule has 318 valence electrons. The number of amides is 2. The maximum atomic E-state index is 14.6. The highest BCUT2D eigenvalue weighted by molar-refractivity contribution is 7.21. The van der Waals surface area contributed by atoms with E-state index in [0.29, 0.717) is 61.2 Å². The average molecular weight is 902 g/mol. The Bertz CT molecular complexity index is 3790. The van der Waals surface area contributed by atoms with Gasteiger partial charge in [0.2, 0.25) is 0 Å². The van der Waals surface area contributed by atoms with Gasteiger partial charge in [0.05, 0.1) is 31.6 Å². The van der Waals surface area contributed by atoms with Crippen LogP contribution in [0.5, 0.6) is 0 Å². The Morgan fingerprint density at radius 1 is 0.478 bits per heavy atom. The van der Waals surface area contributed by atoms with Gasteiger partial charge in [0.1, 0.15) is 27.5 Å². The first kappa shape index (κ1) is 39.9. The highest BCUT2D eigenvalue weighted by atomic mass is 32.1. The molecular weight excluding hydrogens is 867 g/mol. The number of anilines is 1. The van der Waals surface area contributed by atoms with E-state index in [9.17, 15) is 9.59 Å². The lowest BCUT2D eigenvalue weighted by molar-refractivity contribution is 0.0977. The topological polar surface area (TPSA) is 124 Å². The third kappa shape index (κ3) is 7.28. The number of H-pyrrole nitrogens is 1. The van der Waals surface area contributed by atoms with Crippen molar-refractivity contribution in [3.63, 3.8) is 0 Å². The van der Waals surface area contributed by atoms with Crippen LogP contribution in [0, 0.1) is 0 Å². The molecule has 0 atom stereocenters. The minimum Gasteiger partial charge on any atom is -0.325 e. The van der Waals surface area contributed by atoms with Crippen LogP contribution in [-0.4, -0.2) is 38.4 Å². The number of rotatable bonds is 8. The molecule has 8 aromatic carbocycles. The average Bonchev–Trinajstić information content (AvgIpc) is 4.17. The van der Waals surface area contributed by atoms with Crippen LogP contribution >= 0.6 is 22.7 Å². The highest BCUT2D eigenvalue weighted by Gasteiger charge is 2.33. The zero-order valence-electron chi connectivity index (χ0n) is 35.4. The van der Waals surface area contributed by atoms with Crippen molar-refractivity contribution < 1.29 is 9.59 Å². The third-order valence-electron chi connectivity index (χ3n) is 11.8. The van der Waals surface area contributed by atoms with E-state index in [1.165, 1.54) is 22.7 Å². The van der Waals surface area contributed by atoms with E-state index in [1.54, 1.807) is 0 Å². The van der Waals surface area contributed by atoms with Gasteiger partial charge < -0.3 is 15.6 Å². The van der Waals surface area contributed by atoms with Gasteiger partial charge >= 0.3 is 0 Å². The van der Waals surface area contributed by atoms with Crippen LogP contribution < -0.4 is 10.6 Å². The number of carbonyl (C=O) groups is 2. The van der Waals surface area contributed by atoms with E-state index in [4.69, 9.17) is 20.0 Å². The normalized spacial score (nSPS) is 13.3. The largest absolute Gasteiger partial charge is 0.325 e. The fourth-order valence-corrected chi connectivity index (χ4v) is 10.8. The monoisotopic (exact) mass is 901 g/mol. The summed E-state index contributed by atoms with van der Waals surface area (Å²) >= 11 is 3.06. The number of nitrogens with one attached hydrogen (secondary N) is 3. The molecule has 67 heavy (non-hydrogen) atoms. The molecule has 0 unspecified atom stereocenters. The fraction of sp³-hybridized carbons (Fsp3) is 0. The predicted molar refractivity (Wildman–Crippen MR) is 276 cm³/mol. The van der Waals surface area contributed by atoms with Crippen molar-refractivity contribution in [2.75, 3.05) is 5.32 Å². The number of para-hydroxylation sites is 2. The molecule has 11 aromatic rings. The summed E-state index contributed by atoms with van der Waals surface area (Å²) in [5.74, 6) is 0.918. The van der Waals surface area contributed by atoms with Crippen molar-refractivity contribution in [3.05, 3.63) is 216 Å². The number of hydrogen-bond donors (Lipinski definition) is 3. The van der Waals surface area contributed by atoms with Crippen LogP contribution in [0.3, 0.4) is 0 Å². The van der Waals surface area contributed by atoms with E-state index < -0.39 is 0 Å². The van der Waals surface area contributed by atoms with Crippen LogP contribution in [0.2, 0.25) is 0 Å². The second kappa shape index (κ2) is 16.7. The summed E-state index contributed by atoms with van der Waals surface area (Å²) in [5.41, 5.74) is 7.11. The van der Waals surface area contributed by atoms with Gasteiger partial charge in [-0.25, -0.2) is 20.0 Å². The first-order chi connectivity index (χ1) is 33.0. The molecule has 3 aromatic heterocycles. The molecule has 0 bridgehead atoms. The maximum absolute atomic E-state index is 14.6. The van der Waals surface area contributed by atoms with Gasteiger partial charge in [-0.2, -0.15) is 0 Å². The number of nitrogens with zero attached hydrogens (tertiary/aromatic N) is 4. The smallest absolute Gasteiger partial charge is 0.257 e. The van der Waals surface area contributed by atoms with Crippen molar-refractivity contribution in [1.82, 2.24) is 20.3 Å². The molecule has 1 aliphatic heterocycles. The van der Waals surface area contributed by atoms with Crippen LogP contribution in [0.4, 0.5) is 11.6 Å². The first-order valence-electron chi connectivity index (χ1n) is 21.6. The minimum absolute atomic E-state index is 0.292. The Labute approximate surface area is 391 Å². The Balaban J connectivity index is 1.10. The number of thiazole rings is 2. The molecule has 4 heterocycles. The van der Waals surface area contributed by atoms with Crippen molar-refractivity contribution in [1.29, 1.82) is 0 Å². The molecule has 2 amide bonds. The van der Waals surface area contributed by atoms with Crippen LogP contribution in [0.15, 0.2) is 204 Å². The quantitative estimate of drug-likeness (QED) is 0.140. The summed E-state index contributed by atoms with van der Waals surface area (Å²) in [4.78, 5) is 53.7. The lowest BCUT2D eigenvalue weighted by Crippen LogP contribution is -2.30. The molecule has 0 spiro atoms. The van der Waals surface area contributed by atoms with Crippen LogP contribution in [-0.2, 0) is 0 Å². The summed E-state index contributed by atoms with van der Waals surface area (Å²) in [6, 6.07) is 63.0. The molecule has 0 aliphatic carbocycles. The summed E-state index contributed by atoms with van der Waals surface area (Å²) in [6.45, 7) is 0. The Morgan fingerprint density at radius 3 is 1.61 bits per heavy atom. The van der Waals surface area contributed by atoms with Gasteiger partial charge in [-0.05, 0) is 69.1 Å². The van der Waals surface area contributed by atoms with E-state index in [-0.39, 0.29) is 11.8 Å². The van der Waals surface area contributed by atoms with Crippen molar-refractivity contribution in [2.24, 2.45) is 9.98 Å². The zero-order valence-corrected chi connectivity index (χ0v) is 37.0. The van der Waals surface area contributed by atoms with Gasteiger partial charge in [0, 0.05) is 22.3 Å². The molecule has 0 saturated carbocycles. The summed E-state index contributed by atoms with van der Waals surface area (Å²) < 4.78 is 1.99. The molecule has 0 fully saturated rings. The van der Waals surface area contributed by atoms with Crippen molar-refractivity contribution in [3.8, 4) is 21.7 Å². The third-order valence-corrected chi connectivity index (χ3v) is 13.9. The number of benzene rings is 8. The lowest BCUT2D eigenvalue weighted by Gasteiger charge is -2.11. The van der Waals surface area contributed by atoms with E-state index >= 15 is 0 Å². The molecular formula is C56H35N7O2S2. The number of carbonyl (C=O) groups excluding carboxylic acids is 2. The maximum Gasteiger partial charge on any atom is 0.257 e. The molecule has 12 rings (SSSR count). The zero-order chi connectivity index (χ0) is 44.8. The number of amidine groups is 2. The van der Waals surface area contributed by atoms with E-state index in [0.717, 1.165) is 58.7 Å². The highest BCUT2D eigenvalue weighted by Crippen LogP contribution is 2.48. The van der Waals surface area contributed by atoms with Gasteiger partial charge in [0.25, 0.3) is 11.8 Å². The van der Waals surface area contributed by atoms with Gasteiger partial charge in [0.15, 0.2) is 5.84 Å². The van der Waals surface area contributed by atoms with Gasteiger partial charge in [-0.15, -0.1) is 22.7 Å². The number of aromatic nitrogens is 3. The molecule has 3 N–H and O–H groups in total. The van der Waals surface area contributed by atoms with Crippen LogP contribution in [0.25, 0.3) is 74.8 Å². The van der Waals surface area contributed by atoms with Gasteiger partial charge in [-0.3, -0.25) is 9.59 Å². The Hall–Kier alpha value is -8.64. The fourth-order valence-electron chi connectivity index (χ4n) is 8.74. The predicted octanol–water partition coefficient (Wildman–Crippen LogP) is 13.6. The van der Waals surface area contributed by atoms with E-state index in [1.807, 2.05) is 194 Å². The summed E-state index contributed by atoms with van der Waals surface area (Å²) in [6.07, 6.45) is 0. The lowest BCUT2D eigenvalue weighted by atomic mass is 9.99. The Morgan fingerprint density at radius 2 is 0.985 bits per heavy atom. The van der Waals surface area contributed by atoms with E-state index in [2.05, 4.69) is 15.6 Å². The molecule has 9 nitrogen and oxygen atoms in total. The minimum atomic E-state index is -0.316. The van der Waals surface area contributed by atoms with Crippen molar-refractivity contribution >= 4 is 111 Å². The second-order valence-corrected chi connectivity index (χ2v) is 18.0. The number of fused-ring (bicyclic) bond motifs is 4. The first-order valence-corrected chi connectivity index (χ1v) is 23.3. The van der Waals surface area contributed by atoms with Crippen molar-refractivity contribution in [2.45, 2.75) is 0 Å². The molecule has 11 heteroatoms. The molecule has 1 aliphatic rings. The second-order valence-electron chi connectivity index (χ2n) is 15.9. The molecule has 0 saturated heterocycles. The number of aliphatic imine (C=N–C) groups is 2. The SMILES string of the molecule is O=C(NC1=NC(=Nc2[nH]c(NC(=O)c3cccc4ccccc34)c(-c3nc4ccccc4s3)c2-c2ccccc2)C(c2ccccc2)=C1c1nc2ccccc2s1)c1cccc2ccccc12. The van der Waals surface area contributed by atoms with Crippen LogP contribution in [0.1, 0.15) is 31.3 Å². The Kier molecular flexibility index (Phi) is 9.97. The summed E-state index contributed by atoms with van der Waals surface area (Å²) in [5, 5.41) is 11.4. The summed E-state index contributed by atoms with van der Waals surface area (Å²) in [7, 11) is 0. The molecule has 0 radical (unpaired) electrons.